The molecule has 0 saturated carbocycles. The summed E-state index contributed by atoms with van der Waals surface area (Å²) in [4.78, 5) is 9.58. The first-order chi connectivity index (χ1) is 10.4. The lowest BCUT2D eigenvalue weighted by atomic mass is 10.0. The molecule has 21 heavy (non-hydrogen) atoms. The van der Waals surface area contributed by atoms with Gasteiger partial charge in [0.15, 0.2) is 5.65 Å². The van der Waals surface area contributed by atoms with Gasteiger partial charge in [-0.15, -0.1) is 0 Å². The van der Waals surface area contributed by atoms with Gasteiger partial charge in [0, 0.05) is 24.4 Å². The first kappa shape index (κ1) is 13.9. The number of imidazole rings is 1. The predicted molar refractivity (Wildman–Crippen MR) is 92.3 cm³/mol. The van der Waals surface area contributed by atoms with Crippen molar-refractivity contribution in [3.8, 4) is 0 Å². The lowest BCUT2D eigenvalue weighted by Crippen LogP contribution is -2.18. The first-order valence-corrected chi connectivity index (χ1v) is 10.2. The molecule has 0 radical (unpaired) electrons. The van der Waals surface area contributed by atoms with Gasteiger partial charge in [0.25, 0.3) is 0 Å². The monoisotopic (exact) mass is 319 g/mol. The third-order valence-electron chi connectivity index (χ3n) is 4.52. The zero-order valence-electron chi connectivity index (χ0n) is 12.2. The molecule has 0 aliphatic carbocycles. The van der Waals surface area contributed by atoms with Gasteiger partial charge >= 0.3 is 0 Å². The first-order valence-electron chi connectivity index (χ1n) is 7.88. The molecular weight excluding hydrogens is 298 g/mol. The number of rotatable bonds is 3. The Hall–Kier alpha value is -0.680. The van der Waals surface area contributed by atoms with Crippen molar-refractivity contribution in [1.29, 1.82) is 0 Å². The molecule has 0 amide bonds. The molecule has 4 heterocycles. The van der Waals surface area contributed by atoms with E-state index in [0.29, 0.717) is 5.92 Å². The molecule has 112 valence electrons. The summed E-state index contributed by atoms with van der Waals surface area (Å²) in [6.07, 6.45) is 5.86. The summed E-state index contributed by atoms with van der Waals surface area (Å²) in [6, 6.07) is 4.12. The highest BCUT2D eigenvalue weighted by atomic mass is 32.2. The minimum absolute atomic E-state index is 0.618. The zero-order valence-corrected chi connectivity index (χ0v) is 13.8. The van der Waals surface area contributed by atoms with Gasteiger partial charge in [-0.3, -0.25) is 0 Å². The standard InChI is InChI=1S/C16H21N3S2/c1-4-14-16(17-6-1)19(9-12-5-8-21-10-12)15(18-14)13-3-2-7-20-11-13/h1,4,6,12-13H,2-3,5,7-11H2. The maximum atomic E-state index is 4.96. The van der Waals surface area contributed by atoms with Crippen LogP contribution in [-0.2, 0) is 6.54 Å². The molecule has 4 rings (SSSR count). The quantitative estimate of drug-likeness (QED) is 0.861. The molecule has 2 unspecified atom stereocenters. The molecule has 2 aromatic heterocycles. The summed E-state index contributed by atoms with van der Waals surface area (Å²) in [5, 5.41) is 0. The molecule has 0 aromatic carbocycles. The zero-order chi connectivity index (χ0) is 14.1. The number of hydrogen-bond donors (Lipinski definition) is 0. The Labute approximate surface area is 134 Å². The molecule has 0 N–H and O–H groups in total. The van der Waals surface area contributed by atoms with Crippen LogP contribution in [0.3, 0.4) is 0 Å². The van der Waals surface area contributed by atoms with Crippen molar-refractivity contribution in [2.24, 2.45) is 5.92 Å². The maximum Gasteiger partial charge on any atom is 0.160 e. The Bertz CT molecular complexity index is 613. The maximum absolute atomic E-state index is 4.96. The largest absolute Gasteiger partial charge is 0.312 e. The van der Waals surface area contributed by atoms with Gasteiger partial charge in [-0.25, -0.2) is 9.97 Å². The summed E-state index contributed by atoms with van der Waals surface area (Å²) in [5.74, 6) is 7.87. The summed E-state index contributed by atoms with van der Waals surface area (Å²) in [6.45, 7) is 1.11. The van der Waals surface area contributed by atoms with E-state index in [0.717, 1.165) is 23.6 Å². The van der Waals surface area contributed by atoms with Crippen LogP contribution in [0.5, 0.6) is 0 Å². The minimum Gasteiger partial charge on any atom is -0.312 e. The third-order valence-corrected chi connectivity index (χ3v) is 6.97. The van der Waals surface area contributed by atoms with E-state index in [2.05, 4.69) is 39.1 Å². The molecule has 2 aliphatic heterocycles. The number of nitrogens with zero attached hydrogens (tertiary/aromatic N) is 3. The van der Waals surface area contributed by atoms with Gasteiger partial charge < -0.3 is 4.57 Å². The number of pyridine rings is 1. The van der Waals surface area contributed by atoms with E-state index in [4.69, 9.17) is 4.98 Å². The third kappa shape index (κ3) is 2.82. The normalized spacial score (nSPS) is 26.5. The van der Waals surface area contributed by atoms with Gasteiger partial charge in [-0.2, -0.15) is 23.5 Å². The Morgan fingerprint density at radius 3 is 2.95 bits per heavy atom. The van der Waals surface area contributed by atoms with Crippen LogP contribution in [0.25, 0.3) is 11.2 Å². The second-order valence-corrected chi connectivity index (χ2v) is 8.37. The van der Waals surface area contributed by atoms with Crippen molar-refractivity contribution in [2.45, 2.75) is 31.7 Å². The predicted octanol–water partition coefficient (Wildman–Crippen LogP) is 3.80. The molecule has 2 aliphatic rings. The fourth-order valence-corrected chi connectivity index (χ4v) is 5.81. The van der Waals surface area contributed by atoms with E-state index in [-0.39, 0.29) is 0 Å². The Morgan fingerprint density at radius 2 is 2.14 bits per heavy atom. The van der Waals surface area contributed by atoms with Crippen LogP contribution in [0.2, 0.25) is 0 Å². The molecule has 5 heteroatoms. The molecule has 0 bridgehead atoms. The summed E-state index contributed by atoms with van der Waals surface area (Å²) in [5.41, 5.74) is 2.17. The van der Waals surface area contributed by atoms with Crippen LogP contribution < -0.4 is 0 Å². The van der Waals surface area contributed by atoms with Crippen LogP contribution in [0.15, 0.2) is 18.3 Å². The van der Waals surface area contributed by atoms with Gasteiger partial charge in [0.1, 0.15) is 11.3 Å². The van der Waals surface area contributed by atoms with E-state index in [1.807, 2.05) is 12.3 Å². The van der Waals surface area contributed by atoms with Crippen LogP contribution in [0, 0.1) is 5.92 Å². The van der Waals surface area contributed by atoms with Crippen molar-refractivity contribution in [2.75, 3.05) is 23.0 Å². The smallest absolute Gasteiger partial charge is 0.160 e. The fourth-order valence-electron chi connectivity index (χ4n) is 3.40. The van der Waals surface area contributed by atoms with Crippen molar-refractivity contribution >= 4 is 34.7 Å². The van der Waals surface area contributed by atoms with E-state index in [1.165, 1.54) is 48.1 Å². The van der Waals surface area contributed by atoms with Crippen molar-refractivity contribution in [3.05, 3.63) is 24.2 Å². The second kappa shape index (κ2) is 6.21. The molecule has 0 spiro atoms. The average Bonchev–Trinajstić information content (AvgIpc) is 3.17. The molecule has 2 fully saturated rings. The summed E-state index contributed by atoms with van der Waals surface area (Å²) < 4.78 is 2.45. The van der Waals surface area contributed by atoms with E-state index in [9.17, 15) is 0 Å². The highest BCUT2D eigenvalue weighted by Crippen LogP contribution is 2.34. The minimum atomic E-state index is 0.618. The lowest BCUT2D eigenvalue weighted by Gasteiger charge is -2.23. The van der Waals surface area contributed by atoms with Crippen LogP contribution in [0.1, 0.15) is 31.0 Å². The molecule has 2 saturated heterocycles. The highest BCUT2D eigenvalue weighted by molar-refractivity contribution is 7.99. The van der Waals surface area contributed by atoms with Crippen molar-refractivity contribution in [1.82, 2.24) is 14.5 Å². The Morgan fingerprint density at radius 1 is 1.19 bits per heavy atom. The fraction of sp³-hybridized carbons (Fsp3) is 0.625. The van der Waals surface area contributed by atoms with E-state index in [1.54, 1.807) is 0 Å². The summed E-state index contributed by atoms with van der Waals surface area (Å²) in [7, 11) is 0. The van der Waals surface area contributed by atoms with Crippen molar-refractivity contribution in [3.63, 3.8) is 0 Å². The van der Waals surface area contributed by atoms with Gasteiger partial charge in [-0.1, -0.05) is 0 Å². The number of aromatic nitrogens is 3. The Kier molecular flexibility index (Phi) is 4.12. The molecule has 2 aromatic rings. The van der Waals surface area contributed by atoms with E-state index >= 15 is 0 Å². The SMILES string of the molecule is c1cnc2c(c1)nc(C1CCCSC1)n2CC1CCSC1. The van der Waals surface area contributed by atoms with Gasteiger partial charge in [0.2, 0.25) is 0 Å². The number of fused-ring (bicyclic) bond motifs is 1. The van der Waals surface area contributed by atoms with Gasteiger partial charge in [-0.05, 0) is 54.6 Å². The van der Waals surface area contributed by atoms with Crippen LogP contribution >= 0.6 is 23.5 Å². The average molecular weight is 319 g/mol. The van der Waals surface area contributed by atoms with Gasteiger partial charge in [0.05, 0.1) is 0 Å². The summed E-state index contributed by atoms with van der Waals surface area (Å²) >= 11 is 4.17. The van der Waals surface area contributed by atoms with Crippen LogP contribution in [-0.4, -0.2) is 37.5 Å². The number of hydrogen-bond acceptors (Lipinski definition) is 4. The highest BCUT2D eigenvalue weighted by Gasteiger charge is 2.25. The lowest BCUT2D eigenvalue weighted by molar-refractivity contribution is 0.470. The molecular formula is C16H21N3S2. The second-order valence-electron chi connectivity index (χ2n) is 6.07. The Balaban J connectivity index is 1.72. The topological polar surface area (TPSA) is 30.7 Å². The molecule has 3 nitrogen and oxygen atoms in total. The molecule has 2 atom stereocenters. The number of thioether (sulfide) groups is 2. The van der Waals surface area contributed by atoms with Crippen molar-refractivity contribution < 1.29 is 0 Å². The van der Waals surface area contributed by atoms with E-state index < -0.39 is 0 Å². The van der Waals surface area contributed by atoms with Crippen LogP contribution in [0.4, 0.5) is 0 Å².